The van der Waals surface area contributed by atoms with Crippen molar-refractivity contribution in [3.05, 3.63) is 64.6 Å². The lowest BCUT2D eigenvalue weighted by molar-refractivity contribution is -0.115. The Bertz CT molecular complexity index is 1030. The van der Waals surface area contributed by atoms with Crippen molar-refractivity contribution < 1.29 is 19.1 Å². The van der Waals surface area contributed by atoms with Crippen molar-refractivity contribution in [2.75, 3.05) is 0 Å². The average molecular weight is 439 g/mol. The number of primary amides is 1. The Morgan fingerprint density at radius 2 is 1.87 bits per heavy atom. The highest BCUT2D eigenvalue weighted by atomic mass is 32.2. The molecule has 31 heavy (non-hydrogen) atoms. The third kappa shape index (κ3) is 5.76. The third-order valence-electron chi connectivity index (χ3n) is 5.43. The quantitative estimate of drug-likeness (QED) is 0.585. The van der Waals surface area contributed by atoms with E-state index in [0.717, 1.165) is 46.9 Å². The van der Waals surface area contributed by atoms with Gasteiger partial charge in [-0.15, -0.1) is 0 Å². The molecule has 7 heteroatoms. The maximum Gasteiger partial charge on any atom is 0.405 e. The van der Waals surface area contributed by atoms with E-state index in [1.807, 2.05) is 50.2 Å². The molecule has 2 aromatic rings. The maximum atomic E-state index is 11.7. The Balaban J connectivity index is 1.77. The van der Waals surface area contributed by atoms with Gasteiger partial charge in [0.2, 0.25) is 0 Å². The molecule has 1 atom stereocenters. The largest absolute Gasteiger partial charge is 0.443 e. The highest BCUT2D eigenvalue weighted by molar-refractivity contribution is 8.18. The van der Waals surface area contributed by atoms with Gasteiger partial charge in [-0.1, -0.05) is 55.5 Å². The highest BCUT2D eigenvalue weighted by Crippen LogP contribution is 2.30. The van der Waals surface area contributed by atoms with Gasteiger partial charge < -0.3 is 10.5 Å². The molecule has 6 nitrogen and oxygen atoms in total. The molecule has 1 saturated heterocycles. The molecule has 1 unspecified atom stereocenters. The summed E-state index contributed by atoms with van der Waals surface area (Å²) in [6.07, 6.45) is 2.56. The molecule has 0 radical (unpaired) electrons. The van der Waals surface area contributed by atoms with Crippen LogP contribution in [0.3, 0.4) is 0 Å². The van der Waals surface area contributed by atoms with Gasteiger partial charge in [-0.05, 0) is 66.8 Å². The Labute approximate surface area is 186 Å². The second-order valence-corrected chi connectivity index (χ2v) is 9.02. The van der Waals surface area contributed by atoms with Gasteiger partial charge in [0.1, 0.15) is 5.60 Å². The number of rotatable bonds is 7. The van der Waals surface area contributed by atoms with E-state index in [-0.39, 0.29) is 17.1 Å². The number of imide groups is 1. The van der Waals surface area contributed by atoms with Crippen molar-refractivity contribution >= 4 is 35.1 Å². The van der Waals surface area contributed by atoms with E-state index in [0.29, 0.717) is 4.91 Å². The summed E-state index contributed by atoms with van der Waals surface area (Å²) < 4.78 is 5.34. The van der Waals surface area contributed by atoms with Crippen molar-refractivity contribution in [2.24, 2.45) is 11.7 Å². The summed E-state index contributed by atoms with van der Waals surface area (Å²) in [5.74, 6) is -0.234. The van der Waals surface area contributed by atoms with Crippen LogP contribution in [0.15, 0.2) is 53.4 Å². The van der Waals surface area contributed by atoms with Crippen LogP contribution in [0.2, 0.25) is 0 Å². The molecule has 1 aliphatic rings. The van der Waals surface area contributed by atoms with Crippen molar-refractivity contribution in [3.8, 4) is 11.1 Å². The lowest BCUT2D eigenvalue weighted by atomic mass is 9.83. The zero-order valence-electron chi connectivity index (χ0n) is 17.8. The molecular formula is C24H26N2O4S. The van der Waals surface area contributed by atoms with E-state index >= 15 is 0 Å². The number of hydrogen-bond donors (Lipinski definition) is 2. The van der Waals surface area contributed by atoms with Crippen molar-refractivity contribution in [1.29, 1.82) is 0 Å². The molecule has 3 amide bonds. The van der Waals surface area contributed by atoms with Crippen LogP contribution in [0.5, 0.6) is 0 Å². The first-order valence-corrected chi connectivity index (χ1v) is 10.9. The van der Waals surface area contributed by atoms with E-state index in [9.17, 15) is 14.4 Å². The van der Waals surface area contributed by atoms with Gasteiger partial charge >= 0.3 is 6.09 Å². The summed E-state index contributed by atoms with van der Waals surface area (Å²) in [5.41, 5.74) is 8.70. The van der Waals surface area contributed by atoms with Crippen LogP contribution in [0, 0.1) is 5.92 Å². The van der Waals surface area contributed by atoms with E-state index in [4.69, 9.17) is 10.5 Å². The van der Waals surface area contributed by atoms with Crippen LogP contribution in [-0.2, 0) is 16.0 Å². The summed E-state index contributed by atoms with van der Waals surface area (Å²) >= 11 is 0.907. The fourth-order valence-corrected chi connectivity index (χ4v) is 4.41. The van der Waals surface area contributed by atoms with Crippen LogP contribution >= 0.6 is 11.8 Å². The predicted molar refractivity (Wildman–Crippen MR) is 123 cm³/mol. The van der Waals surface area contributed by atoms with E-state index in [1.165, 1.54) is 0 Å². The van der Waals surface area contributed by atoms with Gasteiger partial charge in [0, 0.05) is 5.92 Å². The lowest BCUT2D eigenvalue weighted by Crippen LogP contribution is -2.39. The normalized spacial score (nSPS) is 16.3. The first kappa shape index (κ1) is 22.6. The molecule has 1 heterocycles. The van der Waals surface area contributed by atoms with Crippen LogP contribution in [-0.4, -0.2) is 22.8 Å². The molecule has 162 valence electrons. The number of thioether (sulfide) groups is 1. The number of nitrogens with one attached hydrogen (secondary N) is 1. The summed E-state index contributed by atoms with van der Waals surface area (Å²) in [5, 5.41) is 1.91. The molecule has 2 aromatic carbocycles. The van der Waals surface area contributed by atoms with E-state index in [1.54, 1.807) is 6.08 Å². The van der Waals surface area contributed by atoms with Gasteiger partial charge in [-0.2, -0.15) is 0 Å². The van der Waals surface area contributed by atoms with Gasteiger partial charge in [0.15, 0.2) is 0 Å². The zero-order chi connectivity index (χ0) is 22.6. The smallest absolute Gasteiger partial charge is 0.405 e. The van der Waals surface area contributed by atoms with Crippen LogP contribution in [0.4, 0.5) is 9.59 Å². The molecule has 0 aliphatic carbocycles. The zero-order valence-corrected chi connectivity index (χ0v) is 18.6. The molecule has 0 bridgehead atoms. The van der Waals surface area contributed by atoms with Crippen LogP contribution in [0.25, 0.3) is 17.2 Å². The monoisotopic (exact) mass is 438 g/mol. The minimum Gasteiger partial charge on any atom is -0.443 e. The molecule has 3 N–H and O–H groups in total. The van der Waals surface area contributed by atoms with Gasteiger partial charge in [0.25, 0.3) is 11.1 Å². The summed E-state index contributed by atoms with van der Waals surface area (Å²) in [4.78, 5) is 34.6. The van der Waals surface area contributed by atoms with Crippen molar-refractivity contribution in [3.63, 3.8) is 0 Å². The van der Waals surface area contributed by atoms with Crippen LogP contribution < -0.4 is 11.1 Å². The topological polar surface area (TPSA) is 98.5 Å². The Morgan fingerprint density at radius 1 is 1.16 bits per heavy atom. The van der Waals surface area contributed by atoms with Gasteiger partial charge in [-0.3, -0.25) is 14.9 Å². The lowest BCUT2D eigenvalue weighted by Gasteiger charge is -2.33. The predicted octanol–water partition coefficient (Wildman–Crippen LogP) is 5.12. The fourth-order valence-electron chi connectivity index (χ4n) is 3.73. The minimum absolute atomic E-state index is 0.127. The maximum absolute atomic E-state index is 11.7. The number of ether oxygens (including phenoxy) is 1. The molecule has 0 saturated carbocycles. The first-order chi connectivity index (χ1) is 14.7. The Morgan fingerprint density at radius 3 is 2.45 bits per heavy atom. The Hall–Kier alpha value is -3.06. The average Bonchev–Trinajstić information content (AvgIpc) is 3.02. The minimum atomic E-state index is -0.759. The number of carbonyl (C=O) groups is 3. The highest BCUT2D eigenvalue weighted by Gasteiger charge is 2.31. The molecule has 3 rings (SSSR count). The van der Waals surface area contributed by atoms with Crippen LogP contribution in [0.1, 0.15) is 38.3 Å². The van der Waals surface area contributed by atoms with Crippen molar-refractivity contribution in [2.45, 2.75) is 39.2 Å². The third-order valence-corrected chi connectivity index (χ3v) is 6.24. The van der Waals surface area contributed by atoms with E-state index < -0.39 is 11.7 Å². The summed E-state index contributed by atoms with van der Waals surface area (Å²) in [6.45, 7) is 5.85. The number of carbonyl (C=O) groups excluding carboxylic acids is 3. The summed E-state index contributed by atoms with van der Waals surface area (Å²) in [7, 11) is 0. The van der Waals surface area contributed by atoms with E-state index in [2.05, 4.69) is 24.4 Å². The number of amides is 3. The molecule has 0 aromatic heterocycles. The first-order valence-electron chi connectivity index (χ1n) is 10.1. The summed E-state index contributed by atoms with van der Waals surface area (Å²) in [6, 6.07) is 16.1. The Kier molecular flexibility index (Phi) is 6.85. The van der Waals surface area contributed by atoms with Gasteiger partial charge in [-0.25, -0.2) is 4.79 Å². The second-order valence-electron chi connectivity index (χ2n) is 8.01. The number of nitrogens with two attached hydrogens (primary N) is 1. The molecular weight excluding hydrogens is 412 g/mol. The second kappa shape index (κ2) is 9.39. The van der Waals surface area contributed by atoms with Gasteiger partial charge in [0.05, 0.1) is 4.91 Å². The fraction of sp³-hybridized carbons (Fsp3) is 0.292. The number of hydrogen-bond acceptors (Lipinski definition) is 5. The number of benzene rings is 2. The molecule has 0 spiro atoms. The van der Waals surface area contributed by atoms with Crippen molar-refractivity contribution in [1.82, 2.24) is 5.32 Å². The molecule has 1 fully saturated rings. The standard InChI is InChI=1S/C24H26N2O4S/c1-4-19(24(2,3)30-22(25)28)13-16-6-5-7-18(12-16)17-10-8-15(9-11-17)14-20-21(27)26-23(29)31-20/h5-12,14,19H,4,13H2,1-3H3,(H2,25,28)(H,26,27,29). The molecule has 1 aliphatic heterocycles. The SMILES string of the molecule is CCC(Cc1cccc(-c2ccc(C=C3SC(=O)NC3=O)cc2)c1)C(C)(C)OC(N)=O.